The van der Waals surface area contributed by atoms with E-state index in [4.69, 9.17) is 4.74 Å². The fourth-order valence-electron chi connectivity index (χ4n) is 4.71. The van der Waals surface area contributed by atoms with E-state index in [-0.39, 0.29) is 17.9 Å². The van der Waals surface area contributed by atoms with Gasteiger partial charge in [0.05, 0.1) is 23.2 Å². The van der Waals surface area contributed by atoms with Gasteiger partial charge in [0.2, 0.25) is 5.91 Å². The topological polar surface area (TPSA) is 82.3 Å². The quantitative estimate of drug-likeness (QED) is 0.423. The minimum absolute atomic E-state index is 0.0514. The Labute approximate surface area is 197 Å². The predicted molar refractivity (Wildman–Crippen MR) is 124 cm³/mol. The number of benzene rings is 2. The Morgan fingerprint density at radius 2 is 2.00 bits per heavy atom. The van der Waals surface area contributed by atoms with E-state index in [1.54, 1.807) is 9.58 Å². The molecular weight excluding hydrogens is 436 g/mol. The molecular formula is C25H26N4O3S. The third-order valence-electron chi connectivity index (χ3n) is 6.23. The summed E-state index contributed by atoms with van der Waals surface area (Å²) in [5.41, 5.74) is 2.56. The Balaban J connectivity index is 1.70. The van der Waals surface area contributed by atoms with Gasteiger partial charge in [0, 0.05) is 17.1 Å². The van der Waals surface area contributed by atoms with Gasteiger partial charge >= 0.3 is 0 Å². The molecule has 8 heteroatoms. The lowest BCUT2D eigenvalue weighted by Gasteiger charge is -2.33. The molecule has 3 aromatic rings. The number of nitrogens with zero attached hydrogens (tertiary/aromatic N) is 4. The molecule has 0 N–H and O–H groups in total. The zero-order valence-corrected chi connectivity index (χ0v) is 19.5. The second kappa shape index (κ2) is 9.02. The minimum atomic E-state index is -0.615. The maximum absolute atomic E-state index is 13.3. The van der Waals surface area contributed by atoms with Crippen molar-refractivity contribution in [2.24, 2.45) is 0 Å². The molecule has 0 bridgehead atoms. The van der Waals surface area contributed by atoms with Crippen molar-refractivity contribution in [2.45, 2.75) is 56.5 Å². The summed E-state index contributed by atoms with van der Waals surface area (Å²) < 4.78 is 7.90. The van der Waals surface area contributed by atoms with Crippen LogP contribution in [0.4, 0.5) is 5.69 Å². The molecule has 1 fully saturated rings. The minimum Gasteiger partial charge on any atom is -0.854 e. The number of ether oxygens (including phenoxy) is 1. The Morgan fingerprint density at radius 1 is 1.21 bits per heavy atom. The van der Waals surface area contributed by atoms with Crippen LogP contribution in [0.1, 0.15) is 50.8 Å². The summed E-state index contributed by atoms with van der Waals surface area (Å²) in [6.45, 7) is 1.84. The van der Waals surface area contributed by atoms with Crippen LogP contribution in [0.2, 0.25) is 0 Å². The molecule has 1 amide bonds. The van der Waals surface area contributed by atoms with Crippen LogP contribution < -0.4 is 19.4 Å². The highest BCUT2D eigenvalue weighted by molar-refractivity contribution is 7.98. The normalized spacial score (nSPS) is 17.5. The molecule has 1 atom stereocenters. The van der Waals surface area contributed by atoms with Crippen molar-refractivity contribution in [1.82, 2.24) is 10.1 Å². The fourth-order valence-corrected chi connectivity index (χ4v) is 5.05. The average Bonchev–Trinajstić information content (AvgIpc) is 3.35. The molecule has 2 aliphatic rings. The van der Waals surface area contributed by atoms with Crippen LogP contribution in [-0.4, -0.2) is 28.3 Å². The lowest BCUT2D eigenvalue weighted by molar-refractivity contribution is -0.764. The summed E-state index contributed by atoms with van der Waals surface area (Å²) in [5, 5.41) is 18.2. The summed E-state index contributed by atoms with van der Waals surface area (Å²) in [6, 6.07) is 15.3. The summed E-state index contributed by atoms with van der Waals surface area (Å²) in [7, 11) is 0. The SMILES string of the molecule is CCC(=O)N1c2ccccc2-c2c([O-])nc(SC)n[n+]2C1c1cccc(OC2CCCC2)c1. The molecule has 1 aromatic heterocycles. The largest absolute Gasteiger partial charge is 0.854 e. The van der Waals surface area contributed by atoms with Crippen molar-refractivity contribution >= 4 is 23.4 Å². The third-order valence-corrected chi connectivity index (χ3v) is 6.77. The first kappa shape index (κ1) is 21.7. The number of carbonyl (C=O) groups excluding carboxylic acids is 1. The smallest absolute Gasteiger partial charge is 0.293 e. The third kappa shape index (κ3) is 3.93. The number of carbonyl (C=O) groups is 1. The van der Waals surface area contributed by atoms with Crippen molar-refractivity contribution in [3.8, 4) is 22.9 Å². The lowest BCUT2D eigenvalue weighted by Crippen LogP contribution is -2.59. The lowest BCUT2D eigenvalue weighted by atomic mass is 10.0. The van der Waals surface area contributed by atoms with Gasteiger partial charge in [-0.05, 0) is 62.3 Å². The van der Waals surface area contributed by atoms with Crippen molar-refractivity contribution in [3.63, 3.8) is 0 Å². The number of anilines is 1. The number of thioether (sulfide) groups is 1. The van der Waals surface area contributed by atoms with Gasteiger partial charge in [-0.15, -0.1) is 0 Å². The van der Waals surface area contributed by atoms with Gasteiger partial charge in [0.1, 0.15) is 5.75 Å². The number of fused-ring (bicyclic) bond motifs is 3. The van der Waals surface area contributed by atoms with Crippen LogP contribution in [0.5, 0.6) is 11.6 Å². The molecule has 1 saturated carbocycles. The number of amides is 1. The Morgan fingerprint density at radius 3 is 2.76 bits per heavy atom. The first-order valence-electron chi connectivity index (χ1n) is 11.3. The molecule has 5 rings (SSSR count). The second-order valence-corrected chi connectivity index (χ2v) is 9.08. The summed E-state index contributed by atoms with van der Waals surface area (Å²) in [6.07, 6.45) is 6.25. The predicted octanol–water partition coefficient (Wildman–Crippen LogP) is 3.85. The van der Waals surface area contributed by atoms with E-state index in [2.05, 4.69) is 10.1 Å². The van der Waals surface area contributed by atoms with Gasteiger partial charge in [-0.1, -0.05) is 41.6 Å². The maximum Gasteiger partial charge on any atom is 0.293 e. The molecule has 33 heavy (non-hydrogen) atoms. The molecule has 7 nitrogen and oxygen atoms in total. The highest BCUT2D eigenvalue weighted by atomic mass is 32.2. The summed E-state index contributed by atoms with van der Waals surface area (Å²) >= 11 is 1.30. The zero-order chi connectivity index (χ0) is 22.9. The number of aromatic nitrogens is 3. The first-order valence-corrected chi connectivity index (χ1v) is 12.6. The van der Waals surface area contributed by atoms with E-state index in [0.29, 0.717) is 28.5 Å². The van der Waals surface area contributed by atoms with Crippen LogP contribution in [0, 0.1) is 0 Å². The average molecular weight is 463 g/mol. The zero-order valence-electron chi connectivity index (χ0n) is 18.7. The van der Waals surface area contributed by atoms with Crippen LogP contribution in [0.15, 0.2) is 53.7 Å². The van der Waals surface area contributed by atoms with Gasteiger partial charge in [-0.3, -0.25) is 4.79 Å². The van der Waals surface area contributed by atoms with Crippen LogP contribution in [0.3, 0.4) is 0 Å². The highest BCUT2D eigenvalue weighted by Crippen LogP contribution is 2.41. The Kier molecular flexibility index (Phi) is 5.93. The van der Waals surface area contributed by atoms with Gasteiger partial charge < -0.3 is 9.84 Å². The number of rotatable bonds is 5. The monoisotopic (exact) mass is 462 g/mol. The van der Waals surface area contributed by atoms with Gasteiger partial charge in [-0.25, -0.2) is 9.88 Å². The van der Waals surface area contributed by atoms with Gasteiger partial charge in [0.25, 0.3) is 17.0 Å². The van der Waals surface area contributed by atoms with Crippen LogP contribution in [-0.2, 0) is 4.79 Å². The molecule has 1 aliphatic heterocycles. The number of para-hydroxylation sites is 1. The first-order chi connectivity index (χ1) is 16.1. The van der Waals surface area contributed by atoms with E-state index in [1.165, 1.54) is 24.6 Å². The molecule has 0 saturated heterocycles. The number of hydrogen-bond acceptors (Lipinski definition) is 6. The van der Waals surface area contributed by atoms with E-state index in [0.717, 1.165) is 24.2 Å². The van der Waals surface area contributed by atoms with Crippen molar-refractivity contribution in [2.75, 3.05) is 11.2 Å². The Bertz CT molecular complexity index is 1200. The van der Waals surface area contributed by atoms with Crippen LogP contribution >= 0.6 is 11.8 Å². The van der Waals surface area contributed by atoms with Gasteiger partial charge in [0.15, 0.2) is 0 Å². The molecule has 1 aliphatic carbocycles. The summed E-state index contributed by atoms with van der Waals surface area (Å²) in [4.78, 5) is 19.2. The van der Waals surface area contributed by atoms with Crippen molar-refractivity contribution in [1.29, 1.82) is 0 Å². The maximum atomic E-state index is 13.3. The fraction of sp³-hybridized carbons (Fsp3) is 0.360. The molecule has 0 spiro atoms. The molecule has 170 valence electrons. The van der Waals surface area contributed by atoms with Crippen molar-refractivity contribution < 1.29 is 19.3 Å². The van der Waals surface area contributed by atoms with Gasteiger partial charge in [-0.2, -0.15) is 0 Å². The standard InChI is InChI=1S/C25H26N4O3S/c1-3-21(30)28-20-14-7-6-13-19(20)22-23(31)26-25(33-2)27-29(22)24(28)16-9-8-12-18(15-16)32-17-10-4-5-11-17/h6-9,12-15,17,24H,3-5,10-11H2,1-2H3. The van der Waals surface area contributed by atoms with E-state index in [9.17, 15) is 9.90 Å². The molecule has 0 radical (unpaired) electrons. The highest BCUT2D eigenvalue weighted by Gasteiger charge is 2.44. The van der Waals surface area contributed by atoms with Crippen molar-refractivity contribution in [3.05, 3.63) is 54.1 Å². The summed E-state index contributed by atoms with van der Waals surface area (Å²) in [5.74, 6) is 0.365. The second-order valence-electron chi connectivity index (χ2n) is 8.30. The van der Waals surface area contributed by atoms with Crippen LogP contribution in [0.25, 0.3) is 11.3 Å². The molecule has 2 aromatic carbocycles. The van der Waals surface area contributed by atoms with E-state index < -0.39 is 6.17 Å². The number of hydrogen-bond donors (Lipinski definition) is 0. The van der Waals surface area contributed by atoms with E-state index in [1.807, 2.05) is 61.7 Å². The molecule has 2 heterocycles. The Hall–Kier alpha value is -3.13. The molecule has 1 unspecified atom stereocenters. The van der Waals surface area contributed by atoms with E-state index >= 15 is 0 Å².